The number of hydrogen-bond donors (Lipinski definition) is 1. The minimum atomic E-state index is -0.391. The standard InChI is InChI=1S/C20H18ClN5O3/c1-3-17-23-24-19-20(28)25(14-6-4-5-7-15(14)26(17)19)11-18(27)22-13-10-12(21)8-9-16(13)29-2/h4-10H,3,11H2,1-2H3,(H,22,27). The van der Waals surface area contributed by atoms with Crippen molar-refractivity contribution in [2.75, 3.05) is 12.4 Å². The van der Waals surface area contributed by atoms with Crippen LogP contribution < -0.4 is 15.6 Å². The zero-order chi connectivity index (χ0) is 20.5. The molecule has 0 unspecified atom stereocenters. The molecular formula is C20H18ClN5O3. The number of benzene rings is 2. The first-order chi connectivity index (χ1) is 14.0. The number of fused-ring (bicyclic) bond motifs is 3. The van der Waals surface area contributed by atoms with Gasteiger partial charge in [-0.15, -0.1) is 10.2 Å². The number of aryl methyl sites for hydroxylation is 1. The largest absolute Gasteiger partial charge is 0.495 e. The van der Waals surface area contributed by atoms with Crippen molar-refractivity contribution in [2.45, 2.75) is 19.9 Å². The summed E-state index contributed by atoms with van der Waals surface area (Å²) in [7, 11) is 1.50. The number of ether oxygens (including phenoxy) is 1. The van der Waals surface area contributed by atoms with Crippen molar-refractivity contribution in [1.29, 1.82) is 0 Å². The molecule has 0 aliphatic rings. The smallest absolute Gasteiger partial charge is 0.297 e. The molecule has 0 bridgehead atoms. The minimum Gasteiger partial charge on any atom is -0.495 e. The average molecular weight is 412 g/mol. The van der Waals surface area contributed by atoms with Gasteiger partial charge in [0.15, 0.2) is 0 Å². The van der Waals surface area contributed by atoms with Crippen molar-refractivity contribution in [3.05, 3.63) is 63.7 Å². The molecule has 0 saturated carbocycles. The fraction of sp³-hybridized carbons (Fsp3) is 0.200. The third kappa shape index (κ3) is 3.31. The summed E-state index contributed by atoms with van der Waals surface area (Å²) in [6.45, 7) is 1.75. The number of amides is 1. The van der Waals surface area contributed by atoms with Crippen molar-refractivity contribution in [3.8, 4) is 5.75 Å². The zero-order valence-electron chi connectivity index (χ0n) is 15.8. The summed E-state index contributed by atoms with van der Waals surface area (Å²) in [4.78, 5) is 25.8. The lowest BCUT2D eigenvalue weighted by Gasteiger charge is -2.14. The molecule has 29 heavy (non-hydrogen) atoms. The van der Waals surface area contributed by atoms with Crippen molar-refractivity contribution in [3.63, 3.8) is 0 Å². The normalized spacial score (nSPS) is 11.1. The molecule has 0 aliphatic carbocycles. The molecule has 0 saturated heterocycles. The van der Waals surface area contributed by atoms with Gasteiger partial charge in [0, 0.05) is 11.4 Å². The van der Waals surface area contributed by atoms with Crippen molar-refractivity contribution < 1.29 is 9.53 Å². The van der Waals surface area contributed by atoms with E-state index < -0.39 is 5.91 Å². The lowest BCUT2D eigenvalue weighted by Crippen LogP contribution is -2.29. The van der Waals surface area contributed by atoms with Gasteiger partial charge in [-0.2, -0.15) is 0 Å². The van der Waals surface area contributed by atoms with Gasteiger partial charge in [0.2, 0.25) is 11.6 Å². The molecule has 4 aromatic rings. The van der Waals surface area contributed by atoms with Crippen LogP contribution in [-0.2, 0) is 17.8 Å². The summed E-state index contributed by atoms with van der Waals surface area (Å²) in [5.41, 5.74) is 1.61. The summed E-state index contributed by atoms with van der Waals surface area (Å²) >= 11 is 6.02. The molecule has 8 nitrogen and oxygen atoms in total. The van der Waals surface area contributed by atoms with Gasteiger partial charge >= 0.3 is 0 Å². The van der Waals surface area contributed by atoms with Crippen LogP contribution in [0.25, 0.3) is 16.7 Å². The van der Waals surface area contributed by atoms with Gasteiger partial charge in [-0.25, -0.2) is 0 Å². The van der Waals surface area contributed by atoms with Crippen LogP contribution in [0.3, 0.4) is 0 Å². The van der Waals surface area contributed by atoms with E-state index in [1.54, 1.807) is 28.7 Å². The minimum absolute atomic E-state index is 0.189. The highest BCUT2D eigenvalue weighted by Gasteiger charge is 2.18. The van der Waals surface area contributed by atoms with E-state index in [0.29, 0.717) is 34.2 Å². The average Bonchev–Trinajstić information content (AvgIpc) is 3.16. The SMILES string of the molecule is CCc1nnc2c(=O)n(CC(=O)Nc3cc(Cl)ccc3OC)c3ccccc3n12. The lowest BCUT2D eigenvalue weighted by atomic mass is 10.2. The number of anilines is 1. The first kappa shape index (κ1) is 18.9. The van der Waals surface area contributed by atoms with Gasteiger partial charge in [0.25, 0.3) is 5.56 Å². The van der Waals surface area contributed by atoms with Crippen LogP contribution >= 0.6 is 11.6 Å². The van der Waals surface area contributed by atoms with E-state index in [-0.39, 0.29) is 17.8 Å². The lowest BCUT2D eigenvalue weighted by molar-refractivity contribution is -0.116. The number of hydrogen-bond acceptors (Lipinski definition) is 5. The van der Waals surface area contributed by atoms with Crippen LogP contribution in [0.5, 0.6) is 5.75 Å². The Balaban J connectivity index is 1.78. The van der Waals surface area contributed by atoms with E-state index in [1.165, 1.54) is 11.7 Å². The van der Waals surface area contributed by atoms with Crippen LogP contribution in [0.4, 0.5) is 5.69 Å². The monoisotopic (exact) mass is 411 g/mol. The maximum atomic E-state index is 13.1. The highest BCUT2D eigenvalue weighted by Crippen LogP contribution is 2.27. The maximum Gasteiger partial charge on any atom is 0.297 e. The molecule has 1 amide bonds. The number of halogens is 1. The van der Waals surface area contributed by atoms with Crippen LogP contribution in [0.1, 0.15) is 12.7 Å². The Bertz CT molecular complexity index is 1290. The second-order valence-electron chi connectivity index (χ2n) is 6.40. The topological polar surface area (TPSA) is 90.5 Å². The molecule has 148 valence electrons. The summed E-state index contributed by atoms with van der Waals surface area (Å²) in [6.07, 6.45) is 0.629. The number of rotatable bonds is 5. The van der Waals surface area contributed by atoms with Gasteiger partial charge < -0.3 is 10.1 Å². The molecule has 2 aromatic carbocycles. The van der Waals surface area contributed by atoms with Gasteiger partial charge in [0.1, 0.15) is 18.1 Å². The first-order valence-electron chi connectivity index (χ1n) is 9.02. The van der Waals surface area contributed by atoms with Gasteiger partial charge in [-0.05, 0) is 30.3 Å². The molecule has 9 heteroatoms. The third-order valence-corrected chi connectivity index (χ3v) is 4.87. The Morgan fingerprint density at radius 3 is 2.66 bits per heavy atom. The van der Waals surface area contributed by atoms with Crippen LogP contribution in [0.2, 0.25) is 5.02 Å². The van der Waals surface area contributed by atoms with Gasteiger partial charge in [-0.3, -0.25) is 18.6 Å². The predicted molar refractivity (Wildman–Crippen MR) is 111 cm³/mol. The summed E-state index contributed by atoms with van der Waals surface area (Å²) in [5, 5.41) is 11.4. The Kier molecular flexibility index (Phi) is 4.94. The quantitative estimate of drug-likeness (QED) is 0.545. The molecule has 4 rings (SSSR count). The maximum absolute atomic E-state index is 13.1. The van der Waals surface area contributed by atoms with E-state index in [0.717, 1.165) is 5.52 Å². The molecule has 0 radical (unpaired) electrons. The van der Waals surface area contributed by atoms with E-state index in [2.05, 4.69) is 15.5 Å². The first-order valence-corrected chi connectivity index (χ1v) is 9.40. The second kappa shape index (κ2) is 7.56. The predicted octanol–water partition coefficient (Wildman–Crippen LogP) is 2.91. The van der Waals surface area contributed by atoms with Crippen LogP contribution in [-0.4, -0.2) is 32.2 Å². The third-order valence-electron chi connectivity index (χ3n) is 4.63. The van der Waals surface area contributed by atoms with Gasteiger partial charge in [-0.1, -0.05) is 30.7 Å². The number of carbonyl (C=O) groups excluding carboxylic acids is 1. The molecular weight excluding hydrogens is 394 g/mol. The van der Waals surface area contributed by atoms with Crippen LogP contribution in [0.15, 0.2) is 47.3 Å². The molecule has 0 aliphatic heterocycles. The van der Waals surface area contributed by atoms with E-state index >= 15 is 0 Å². The van der Waals surface area contributed by atoms with E-state index in [1.807, 2.05) is 25.1 Å². The Morgan fingerprint density at radius 1 is 1.17 bits per heavy atom. The molecule has 0 fully saturated rings. The highest BCUT2D eigenvalue weighted by atomic mass is 35.5. The number of methoxy groups -OCH3 is 1. The van der Waals surface area contributed by atoms with Crippen molar-refractivity contribution in [1.82, 2.24) is 19.2 Å². The second-order valence-corrected chi connectivity index (χ2v) is 6.84. The number of carbonyl (C=O) groups is 1. The Morgan fingerprint density at radius 2 is 1.93 bits per heavy atom. The Hall–Kier alpha value is -3.39. The molecule has 0 spiro atoms. The Labute approximate surface area is 170 Å². The zero-order valence-corrected chi connectivity index (χ0v) is 16.6. The number of para-hydroxylation sites is 2. The molecule has 0 atom stereocenters. The van der Waals surface area contributed by atoms with Crippen LogP contribution in [0, 0.1) is 0 Å². The van der Waals surface area contributed by atoms with E-state index in [4.69, 9.17) is 16.3 Å². The fourth-order valence-corrected chi connectivity index (χ4v) is 3.49. The van der Waals surface area contributed by atoms with Crippen molar-refractivity contribution in [2.24, 2.45) is 0 Å². The van der Waals surface area contributed by atoms with E-state index in [9.17, 15) is 9.59 Å². The molecule has 2 aromatic heterocycles. The summed E-state index contributed by atoms with van der Waals surface area (Å²) < 4.78 is 8.39. The van der Waals surface area contributed by atoms with Crippen molar-refractivity contribution >= 4 is 39.9 Å². The summed E-state index contributed by atoms with van der Waals surface area (Å²) in [6, 6.07) is 12.3. The van der Waals surface area contributed by atoms with Gasteiger partial charge in [0.05, 0.1) is 23.8 Å². The number of aromatic nitrogens is 4. The molecule has 1 N–H and O–H groups in total. The number of nitrogens with one attached hydrogen (secondary N) is 1. The molecule has 2 heterocycles. The summed E-state index contributed by atoms with van der Waals surface area (Å²) in [5.74, 6) is 0.770. The number of nitrogens with zero attached hydrogens (tertiary/aromatic N) is 4. The highest BCUT2D eigenvalue weighted by molar-refractivity contribution is 6.31. The fourth-order valence-electron chi connectivity index (χ4n) is 3.32.